The highest BCUT2D eigenvalue weighted by Crippen LogP contribution is 2.56. The van der Waals surface area contributed by atoms with Crippen LogP contribution < -0.4 is 15.9 Å². The first kappa shape index (κ1) is 29.4. The highest BCUT2D eigenvalue weighted by molar-refractivity contribution is 7.98. The number of hydroxylamine groups is 2. The van der Waals surface area contributed by atoms with Crippen molar-refractivity contribution in [2.45, 2.75) is 13.0 Å². The lowest BCUT2D eigenvalue weighted by molar-refractivity contribution is -0.0172. The van der Waals surface area contributed by atoms with Gasteiger partial charge in [-0.1, -0.05) is 66.7 Å². The average molecular weight is 603 g/mol. The quantitative estimate of drug-likeness (QED) is 0.181. The minimum Gasteiger partial charge on any atom is -0.724 e. The number of amides is 2. The van der Waals surface area contributed by atoms with E-state index in [9.17, 15) is 17.8 Å². The molecule has 1 saturated heterocycles. The minimum absolute atomic E-state index is 0.269. The van der Waals surface area contributed by atoms with Gasteiger partial charge in [-0.2, -0.15) is 14.4 Å². The molecule has 6 rings (SSSR count). The maximum atomic E-state index is 11.9. The van der Waals surface area contributed by atoms with Gasteiger partial charge in [0.05, 0.1) is 18.1 Å². The minimum atomic E-state index is -5.00. The third kappa shape index (κ3) is 5.93. The molecule has 3 heterocycles. The fraction of sp³-hybridized carbons (Fsp3) is 0.161. The maximum Gasteiger partial charge on any atom is 0.346 e. The Balaban J connectivity index is 0.000000169. The van der Waals surface area contributed by atoms with Crippen molar-refractivity contribution in [1.82, 2.24) is 19.7 Å². The number of rotatable bonds is 7. The monoisotopic (exact) mass is 602 g/mol. The van der Waals surface area contributed by atoms with E-state index in [-0.39, 0.29) is 6.54 Å². The highest BCUT2D eigenvalue weighted by Gasteiger charge is 2.45. The van der Waals surface area contributed by atoms with E-state index in [4.69, 9.17) is 0 Å². The molecule has 4 aromatic rings. The summed E-state index contributed by atoms with van der Waals surface area (Å²) in [4.78, 5) is 13.3. The zero-order valence-corrected chi connectivity index (χ0v) is 24.9. The van der Waals surface area contributed by atoms with Crippen LogP contribution in [0.2, 0.25) is 0 Å². The van der Waals surface area contributed by atoms with Crippen molar-refractivity contribution in [3.8, 4) is 0 Å². The van der Waals surface area contributed by atoms with Crippen LogP contribution in [-0.2, 0) is 21.7 Å². The van der Waals surface area contributed by atoms with E-state index in [0.29, 0.717) is 17.2 Å². The Morgan fingerprint density at radius 1 is 0.905 bits per heavy atom. The number of nitrogens with zero attached hydrogens (tertiary/aromatic N) is 4. The Labute approximate surface area is 246 Å². The summed E-state index contributed by atoms with van der Waals surface area (Å²) >= 11 is 0. The summed E-state index contributed by atoms with van der Waals surface area (Å²) in [5.74, 6) is 2.41. The molecule has 1 unspecified atom stereocenters. The van der Waals surface area contributed by atoms with Crippen LogP contribution in [0, 0.1) is 0 Å². The number of carbonyl (C=O) groups is 1. The molecule has 2 aliphatic heterocycles. The van der Waals surface area contributed by atoms with Gasteiger partial charge in [0.25, 0.3) is 0 Å². The molecule has 11 heteroatoms. The molecule has 2 bridgehead atoms. The molecule has 1 fully saturated rings. The smallest absolute Gasteiger partial charge is 0.346 e. The van der Waals surface area contributed by atoms with Crippen molar-refractivity contribution in [1.29, 1.82) is 0 Å². The zero-order chi connectivity index (χ0) is 29.7. The third-order valence-corrected chi connectivity index (χ3v) is 11.6. The second-order valence-electron chi connectivity index (χ2n) is 9.72. The van der Waals surface area contributed by atoms with Gasteiger partial charge in [0.1, 0.15) is 29.2 Å². The lowest BCUT2D eigenvalue weighted by Gasteiger charge is -2.25. The van der Waals surface area contributed by atoms with Gasteiger partial charge in [-0.25, -0.2) is 13.2 Å². The van der Waals surface area contributed by atoms with Crippen LogP contribution >= 0.6 is 7.26 Å². The molecule has 0 saturated carbocycles. The number of carbonyl (C=O) groups excluding carboxylic acids is 1. The van der Waals surface area contributed by atoms with Gasteiger partial charge >= 0.3 is 6.03 Å². The normalized spacial score (nSPS) is 16.8. The molecule has 2 aliphatic rings. The van der Waals surface area contributed by atoms with Crippen molar-refractivity contribution in [2.75, 3.05) is 13.1 Å². The third-order valence-electron chi connectivity index (χ3n) is 7.18. The summed E-state index contributed by atoms with van der Waals surface area (Å²) in [6.07, 6.45) is 5.58. The topological polar surface area (TPSA) is 108 Å². The van der Waals surface area contributed by atoms with Gasteiger partial charge in [-0.3, -0.25) is 4.68 Å². The summed E-state index contributed by atoms with van der Waals surface area (Å²) < 4.78 is 38.1. The van der Waals surface area contributed by atoms with Gasteiger partial charge in [0.2, 0.25) is 10.4 Å². The van der Waals surface area contributed by atoms with E-state index in [1.54, 1.807) is 30.1 Å². The van der Waals surface area contributed by atoms with Crippen LogP contribution in [0.25, 0.3) is 5.57 Å². The summed E-state index contributed by atoms with van der Waals surface area (Å²) in [7, 11) is -5.01. The second kappa shape index (κ2) is 12.4. The molecule has 0 aliphatic carbocycles. The number of benzene rings is 3. The molecule has 1 atom stereocenters. The summed E-state index contributed by atoms with van der Waals surface area (Å²) in [5.41, 5.74) is 1.44. The maximum absolute atomic E-state index is 11.9. The molecular formula is C31H31N4O5PS. The Kier molecular flexibility index (Phi) is 8.70. The predicted octanol–water partition coefficient (Wildman–Crippen LogP) is 3.83. The van der Waals surface area contributed by atoms with E-state index in [1.165, 1.54) is 20.8 Å². The first-order chi connectivity index (χ1) is 20.2. The second-order valence-corrected chi connectivity index (χ2v) is 14.0. The van der Waals surface area contributed by atoms with Crippen LogP contribution in [0.4, 0.5) is 4.79 Å². The standard InChI is InChI=1S/C21H20P.C10H12N4O5S/c1-2-18-22(19-12-6-3-7-13-19,20-14-8-4-9-15-20)21-16-10-5-11-17-21;1-12-8(2-4-11-12)7-3-5-13-6-9(7)14(10(13)15)19-20(16,17)18/h2-18H,1H3;2-4,9H,5-6H2,1H3,(H,16,17,18)/q+1;/p-1. The van der Waals surface area contributed by atoms with Gasteiger partial charge < -0.3 is 9.45 Å². The van der Waals surface area contributed by atoms with Gasteiger partial charge in [-0.05, 0) is 49.4 Å². The van der Waals surface area contributed by atoms with Crippen LogP contribution in [0.3, 0.4) is 0 Å². The van der Waals surface area contributed by atoms with Crippen molar-refractivity contribution in [3.63, 3.8) is 0 Å². The molecule has 42 heavy (non-hydrogen) atoms. The van der Waals surface area contributed by atoms with Gasteiger partial charge in [-0.15, -0.1) is 0 Å². The SMILES string of the molecule is CC=C[P+](c1ccccc1)(c1ccccc1)c1ccccc1.Cn1nccc1C1=CCN2CC1N(OS(=O)(=O)[O-])C2=O. The summed E-state index contributed by atoms with van der Waals surface area (Å²) in [6, 6.07) is 33.1. The predicted molar refractivity (Wildman–Crippen MR) is 165 cm³/mol. The van der Waals surface area contributed by atoms with Gasteiger partial charge in [0, 0.05) is 25.4 Å². The highest BCUT2D eigenvalue weighted by atomic mass is 32.3. The Hall–Kier alpha value is -4.08. The van der Waals surface area contributed by atoms with Crippen molar-refractivity contribution in [3.05, 3.63) is 127 Å². The van der Waals surface area contributed by atoms with E-state index in [0.717, 1.165) is 5.69 Å². The molecule has 0 spiro atoms. The summed E-state index contributed by atoms with van der Waals surface area (Å²) in [5, 5.41) is 8.83. The van der Waals surface area contributed by atoms with Crippen LogP contribution in [-0.4, -0.2) is 57.9 Å². The van der Waals surface area contributed by atoms with E-state index >= 15 is 0 Å². The lowest BCUT2D eigenvalue weighted by Crippen LogP contribution is -2.36. The molecule has 2 amide bonds. The number of fused-ring (bicyclic) bond motifs is 2. The molecule has 1 aromatic heterocycles. The zero-order valence-electron chi connectivity index (χ0n) is 23.2. The van der Waals surface area contributed by atoms with Crippen molar-refractivity contribution in [2.24, 2.45) is 7.05 Å². The number of aromatic nitrogens is 2. The lowest BCUT2D eigenvalue weighted by atomic mass is 10.0. The van der Waals surface area contributed by atoms with E-state index in [1.807, 2.05) is 0 Å². The average Bonchev–Trinajstić information content (AvgIpc) is 3.53. The number of hydrogen-bond acceptors (Lipinski definition) is 6. The Bertz CT molecular complexity index is 1600. The molecule has 3 aromatic carbocycles. The first-order valence-corrected chi connectivity index (χ1v) is 16.5. The molecule has 216 valence electrons. The van der Waals surface area contributed by atoms with Crippen LogP contribution in [0.15, 0.2) is 121 Å². The van der Waals surface area contributed by atoms with E-state index < -0.39 is 29.7 Å². The molecule has 0 N–H and O–H groups in total. The fourth-order valence-electron chi connectivity index (χ4n) is 5.39. The molecule has 0 radical (unpaired) electrons. The number of hydrogen-bond donors (Lipinski definition) is 0. The fourth-order valence-corrected chi connectivity index (χ4v) is 9.54. The Morgan fingerprint density at radius 2 is 1.43 bits per heavy atom. The molecular weight excluding hydrogens is 571 g/mol. The number of allylic oxidation sites excluding steroid dienone is 1. The van der Waals surface area contributed by atoms with Gasteiger partial charge in [0.15, 0.2) is 0 Å². The van der Waals surface area contributed by atoms with Crippen molar-refractivity contribution >= 4 is 45.2 Å². The Morgan fingerprint density at radius 3 is 1.86 bits per heavy atom. The van der Waals surface area contributed by atoms with Crippen LogP contribution in [0.1, 0.15) is 12.6 Å². The largest absolute Gasteiger partial charge is 0.724 e. The number of urea groups is 1. The molecule has 9 nitrogen and oxygen atoms in total. The first-order valence-electron chi connectivity index (χ1n) is 13.4. The van der Waals surface area contributed by atoms with E-state index in [2.05, 4.69) is 119 Å². The summed E-state index contributed by atoms with van der Waals surface area (Å²) in [6.45, 7) is 2.71. The number of aryl methyl sites for hydroxylation is 1. The van der Waals surface area contributed by atoms with Crippen molar-refractivity contribution < 1.29 is 22.0 Å². The van der Waals surface area contributed by atoms with Crippen LogP contribution in [0.5, 0.6) is 0 Å².